The minimum Gasteiger partial charge on any atom is -1.00 e. The van der Waals surface area contributed by atoms with Crippen LogP contribution in [0.5, 0.6) is 0 Å². The van der Waals surface area contributed by atoms with Crippen molar-refractivity contribution in [3.63, 3.8) is 0 Å². The predicted octanol–water partition coefficient (Wildman–Crippen LogP) is -3.12. The Bertz CT molecular complexity index is 191. The smallest absolute Gasteiger partial charge is 1.00 e. The van der Waals surface area contributed by atoms with Gasteiger partial charge in [0.25, 0.3) is 0 Å². The maximum Gasteiger partial charge on any atom is 3.00 e. The van der Waals surface area contributed by atoms with Crippen LogP contribution in [-0.2, 0) is 26.2 Å². The van der Waals surface area contributed by atoms with Crippen molar-refractivity contribution in [3.05, 3.63) is 23.3 Å². The standard InChI is InChI=1S/C7H9.C4H10Si.2ClH.Zr/c1-6-3-4-7(2)5-6;1-2-4-5-3-1;;;/h5H,3H2,1-2H3;1-5H2;2*1H;/q-1;;;;+3/p-2. The van der Waals surface area contributed by atoms with Gasteiger partial charge in [-0.2, -0.15) is 5.57 Å². The predicted molar refractivity (Wildman–Crippen MR) is 58.2 cm³/mol. The van der Waals surface area contributed by atoms with Gasteiger partial charge < -0.3 is 24.8 Å². The third kappa shape index (κ3) is 11.4. The normalized spacial score (nSPS) is 16.9. The van der Waals surface area contributed by atoms with E-state index in [0.29, 0.717) is 9.52 Å². The zero-order chi connectivity index (χ0) is 8.81. The van der Waals surface area contributed by atoms with Crippen LogP contribution in [0.3, 0.4) is 0 Å². The molecular weight excluding hydrogens is 322 g/mol. The van der Waals surface area contributed by atoms with Gasteiger partial charge in [0.15, 0.2) is 0 Å². The van der Waals surface area contributed by atoms with Crippen molar-refractivity contribution in [1.82, 2.24) is 0 Å². The largest absolute Gasteiger partial charge is 3.00 e. The summed E-state index contributed by atoms with van der Waals surface area (Å²) in [6, 6.07) is 3.28. The molecule has 2 aliphatic rings. The zero-order valence-electron chi connectivity index (χ0n) is 9.58. The fraction of sp³-hybridized carbons (Fsp3) is 0.636. The van der Waals surface area contributed by atoms with E-state index >= 15 is 0 Å². The molecule has 1 heterocycles. The summed E-state index contributed by atoms with van der Waals surface area (Å²) in [5.74, 6) is 0. The summed E-state index contributed by atoms with van der Waals surface area (Å²) in [5, 5.41) is 0. The summed E-state index contributed by atoms with van der Waals surface area (Å²) < 4.78 is 0. The first-order valence-corrected chi connectivity index (χ1v) is 7.03. The first-order chi connectivity index (χ1) is 5.79. The molecule has 1 fully saturated rings. The van der Waals surface area contributed by atoms with E-state index in [4.69, 9.17) is 0 Å². The Morgan fingerprint density at radius 2 is 1.67 bits per heavy atom. The van der Waals surface area contributed by atoms with Crippen molar-refractivity contribution in [2.24, 2.45) is 0 Å². The molecule has 1 aliphatic heterocycles. The number of halogens is 2. The monoisotopic (exact) mass is 339 g/mol. The van der Waals surface area contributed by atoms with Crippen LogP contribution in [0.15, 0.2) is 17.2 Å². The van der Waals surface area contributed by atoms with Crippen LogP contribution in [0, 0.1) is 6.08 Å². The van der Waals surface area contributed by atoms with Gasteiger partial charge in [0.2, 0.25) is 0 Å². The van der Waals surface area contributed by atoms with Gasteiger partial charge in [0.05, 0.1) is 0 Å². The van der Waals surface area contributed by atoms with Gasteiger partial charge in [0.1, 0.15) is 0 Å². The fourth-order valence-corrected chi connectivity index (χ4v) is 3.40. The molecule has 0 unspecified atom stereocenters. The van der Waals surface area contributed by atoms with E-state index in [1.54, 1.807) is 24.9 Å². The Hall–Kier alpha value is 1.16. The molecule has 4 heteroatoms. The van der Waals surface area contributed by atoms with E-state index in [9.17, 15) is 0 Å². The number of hydrogen-bond acceptors (Lipinski definition) is 0. The van der Waals surface area contributed by atoms with Gasteiger partial charge in [-0.1, -0.05) is 38.8 Å². The molecule has 15 heavy (non-hydrogen) atoms. The first kappa shape index (κ1) is 21.4. The van der Waals surface area contributed by atoms with E-state index < -0.39 is 0 Å². The molecular formula is C11H19Cl2SiZr. The summed E-state index contributed by atoms with van der Waals surface area (Å²) >= 11 is 0. The van der Waals surface area contributed by atoms with Crippen molar-refractivity contribution in [1.29, 1.82) is 0 Å². The third-order valence-electron chi connectivity index (χ3n) is 2.36. The summed E-state index contributed by atoms with van der Waals surface area (Å²) in [7, 11) is 0.543. The van der Waals surface area contributed by atoms with Gasteiger partial charge in [-0.25, -0.2) is 11.6 Å². The number of rotatable bonds is 0. The Balaban J connectivity index is -0.000000165. The molecule has 1 aliphatic carbocycles. The van der Waals surface area contributed by atoms with Crippen molar-refractivity contribution >= 4 is 9.52 Å². The van der Waals surface area contributed by atoms with Crippen LogP contribution in [0.25, 0.3) is 0 Å². The fourth-order valence-electron chi connectivity index (χ4n) is 1.63. The van der Waals surface area contributed by atoms with Crippen LogP contribution >= 0.6 is 0 Å². The third-order valence-corrected chi connectivity index (χ3v) is 4.36. The van der Waals surface area contributed by atoms with Crippen LogP contribution < -0.4 is 24.8 Å². The molecule has 1 saturated heterocycles. The van der Waals surface area contributed by atoms with E-state index in [-0.39, 0.29) is 51.0 Å². The minimum atomic E-state index is 0. The second-order valence-electron chi connectivity index (χ2n) is 3.80. The van der Waals surface area contributed by atoms with Crippen LogP contribution in [0.4, 0.5) is 0 Å². The molecule has 0 aromatic rings. The summed E-state index contributed by atoms with van der Waals surface area (Å²) in [5.41, 5.74) is 2.72. The average Bonchev–Trinajstić information content (AvgIpc) is 2.63. The molecule has 85 valence electrons. The topological polar surface area (TPSA) is 0 Å². The molecule has 0 nitrogen and oxygen atoms in total. The molecule has 0 saturated carbocycles. The summed E-state index contributed by atoms with van der Waals surface area (Å²) in [6.45, 7) is 4.21. The molecule has 0 bridgehead atoms. The van der Waals surface area contributed by atoms with Gasteiger partial charge in [-0.05, 0) is 0 Å². The van der Waals surface area contributed by atoms with Gasteiger partial charge >= 0.3 is 26.2 Å². The van der Waals surface area contributed by atoms with E-state index in [0.717, 1.165) is 6.42 Å². The molecule has 0 aromatic carbocycles. The quantitative estimate of drug-likeness (QED) is 0.323. The Morgan fingerprint density at radius 3 is 1.80 bits per heavy atom. The molecule has 1 radical (unpaired) electrons. The summed E-state index contributed by atoms with van der Waals surface area (Å²) in [4.78, 5) is 0. The van der Waals surface area contributed by atoms with Gasteiger partial charge in [-0.3, -0.25) is 6.08 Å². The van der Waals surface area contributed by atoms with Crippen molar-refractivity contribution in [2.45, 2.75) is 45.2 Å². The van der Waals surface area contributed by atoms with Crippen molar-refractivity contribution < 1.29 is 51.0 Å². The Labute approximate surface area is 128 Å². The van der Waals surface area contributed by atoms with E-state index in [2.05, 4.69) is 26.0 Å². The van der Waals surface area contributed by atoms with E-state index in [1.165, 1.54) is 11.1 Å². The molecule has 0 aromatic heterocycles. The maximum atomic E-state index is 3.19. The van der Waals surface area contributed by atoms with Crippen LogP contribution in [-0.4, -0.2) is 9.52 Å². The molecule has 0 N–H and O–H groups in total. The summed E-state index contributed by atoms with van der Waals surface area (Å²) in [6.07, 6.45) is 9.53. The maximum absolute atomic E-state index is 3.19. The minimum absolute atomic E-state index is 0. The van der Waals surface area contributed by atoms with Gasteiger partial charge in [-0.15, -0.1) is 6.42 Å². The Kier molecular flexibility index (Phi) is 18.9. The van der Waals surface area contributed by atoms with Crippen molar-refractivity contribution in [3.8, 4) is 0 Å². The first-order valence-electron chi connectivity index (χ1n) is 5.03. The van der Waals surface area contributed by atoms with Crippen molar-refractivity contribution in [2.75, 3.05) is 0 Å². The molecule has 0 atom stereocenters. The number of hydrogen-bond donors (Lipinski definition) is 0. The molecule has 2 rings (SSSR count). The van der Waals surface area contributed by atoms with Gasteiger partial charge in [0, 0.05) is 9.52 Å². The van der Waals surface area contributed by atoms with E-state index in [1.807, 2.05) is 0 Å². The zero-order valence-corrected chi connectivity index (χ0v) is 15.0. The number of allylic oxidation sites excluding steroid dienone is 4. The second-order valence-corrected chi connectivity index (χ2v) is 5.92. The molecule has 0 spiro atoms. The van der Waals surface area contributed by atoms with Crippen LogP contribution in [0.2, 0.25) is 12.1 Å². The molecule has 0 amide bonds. The van der Waals surface area contributed by atoms with Crippen LogP contribution in [0.1, 0.15) is 33.1 Å². The SMILES string of the molecule is C1CC[SiH2]C1.CC1=[C-]CC(C)=C1.[Cl-].[Cl-].[Zr+3]. The Morgan fingerprint density at radius 1 is 1.13 bits per heavy atom. The second kappa shape index (κ2) is 13.2. The average molecular weight is 341 g/mol.